The highest BCUT2D eigenvalue weighted by molar-refractivity contribution is 5.99. The molecular weight excluding hydrogens is 863 g/mol. The molecule has 0 saturated carbocycles. The fourth-order valence-electron chi connectivity index (χ4n) is 11.7. The Hall–Kier alpha value is -7.04. The number of fused-ring (bicyclic) bond motifs is 5. The number of pyridine rings is 1. The zero-order chi connectivity index (χ0) is 49.9. The van der Waals surface area contributed by atoms with E-state index in [1.54, 1.807) is 0 Å². The summed E-state index contributed by atoms with van der Waals surface area (Å²) >= 11 is 0. The summed E-state index contributed by atoms with van der Waals surface area (Å²) < 4.78 is 15.9. The van der Waals surface area contributed by atoms with E-state index < -0.39 is 5.85 Å². The second-order valence-corrected chi connectivity index (χ2v) is 24.9. The Morgan fingerprint density at radius 2 is 1.08 bits per heavy atom. The normalized spacial score (nSPS) is 15.6. The zero-order valence-corrected chi connectivity index (χ0v) is 44.2. The largest absolute Gasteiger partial charge is 0.499 e. The summed E-state index contributed by atoms with van der Waals surface area (Å²) in [5, 5.41) is 0. The summed E-state index contributed by atoms with van der Waals surface area (Å²) in [6.07, 6.45) is 2.31. The summed E-state index contributed by atoms with van der Waals surface area (Å²) in [5.41, 5.74) is 24.8. The fourth-order valence-corrected chi connectivity index (χ4v) is 11.7. The lowest BCUT2D eigenvalue weighted by Gasteiger charge is -2.36. The van der Waals surface area contributed by atoms with Crippen molar-refractivity contribution in [1.29, 1.82) is 0 Å². The molecule has 71 heavy (non-hydrogen) atoms. The van der Waals surface area contributed by atoms with Crippen molar-refractivity contribution in [2.45, 2.75) is 124 Å². The van der Waals surface area contributed by atoms with Crippen LogP contribution in [0.4, 0.5) is 0 Å². The van der Waals surface area contributed by atoms with E-state index in [1.807, 2.05) is 0 Å². The Bertz CT molecular complexity index is 3690. The van der Waals surface area contributed by atoms with Crippen LogP contribution in [-0.4, -0.2) is 4.57 Å². The standard InChI is InChI=1S/C67H67N3O/c1-40-23-25-42(26-24-40)45-31-32-68-57(34-45)53-36-47(64(6,7)8)35-52-49-21-18-22-56-60(49)70-62(54-37-48(65(9,10)11)38-55(66(12,13)14)61(54)71-67(68,70)59(52)53)69(56)58-39-50(43-19-16-15-17-20-43)41(2)33-51(58)44-27-29-46(30-28-44)63(3,4)5/h15-39H,1-14H3/q+2. The summed E-state index contributed by atoms with van der Waals surface area (Å²) in [4.78, 5) is 0. The van der Waals surface area contributed by atoms with Crippen LogP contribution in [0.15, 0.2) is 152 Å². The van der Waals surface area contributed by atoms with Crippen LogP contribution in [0.2, 0.25) is 0 Å². The maximum absolute atomic E-state index is 8.25. The quantitative estimate of drug-likeness (QED) is 0.161. The maximum atomic E-state index is 8.25. The van der Waals surface area contributed by atoms with E-state index in [2.05, 4.69) is 262 Å². The first-order chi connectivity index (χ1) is 33.5. The smallest absolute Gasteiger partial charge is 0.392 e. The van der Waals surface area contributed by atoms with Gasteiger partial charge in [-0.15, -0.1) is 9.13 Å². The first-order valence-corrected chi connectivity index (χ1v) is 25.7. The number of imidazole rings is 1. The van der Waals surface area contributed by atoms with Crippen LogP contribution in [-0.2, 0) is 27.5 Å². The number of hydrogen-bond donors (Lipinski definition) is 0. The summed E-state index contributed by atoms with van der Waals surface area (Å²) in [7, 11) is 0. The molecule has 0 bridgehead atoms. The van der Waals surface area contributed by atoms with E-state index in [-0.39, 0.29) is 21.7 Å². The molecule has 5 heterocycles. The molecule has 0 radical (unpaired) electrons. The number of para-hydroxylation sites is 1. The lowest BCUT2D eigenvalue weighted by atomic mass is 9.78. The van der Waals surface area contributed by atoms with Gasteiger partial charge in [0.1, 0.15) is 16.8 Å². The topological polar surface area (TPSA) is 21.9 Å². The van der Waals surface area contributed by atoms with Gasteiger partial charge in [0.05, 0.1) is 5.56 Å². The lowest BCUT2D eigenvalue weighted by Crippen LogP contribution is -2.78. The van der Waals surface area contributed by atoms with Gasteiger partial charge in [0.2, 0.25) is 5.69 Å². The van der Waals surface area contributed by atoms with Crippen LogP contribution in [0.5, 0.6) is 5.75 Å². The molecule has 0 N–H and O–H groups in total. The van der Waals surface area contributed by atoms with Crippen molar-refractivity contribution in [3.8, 4) is 78.6 Å². The van der Waals surface area contributed by atoms with E-state index in [9.17, 15) is 0 Å². The Balaban J connectivity index is 1.29. The molecule has 354 valence electrons. The first-order valence-electron chi connectivity index (χ1n) is 25.7. The Kier molecular flexibility index (Phi) is 9.53. The number of aryl methyl sites for hydroxylation is 2. The molecule has 3 aliphatic rings. The number of ether oxygens (including phenoxy) is 1. The van der Waals surface area contributed by atoms with Crippen LogP contribution >= 0.6 is 0 Å². The highest BCUT2D eigenvalue weighted by atomic mass is 16.5. The van der Waals surface area contributed by atoms with Crippen molar-refractivity contribution in [2.24, 2.45) is 0 Å². The van der Waals surface area contributed by atoms with Gasteiger partial charge in [-0.2, -0.15) is 4.57 Å². The van der Waals surface area contributed by atoms with Crippen LogP contribution < -0.4 is 13.9 Å². The van der Waals surface area contributed by atoms with E-state index >= 15 is 0 Å². The molecule has 3 aliphatic heterocycles. The second kappa shape index (κ2) is 15.0. The predicted octanol–water partition coefficient (Wildman–Crippen LogP) is 16.2. The number of aromatic nitrogens is 3. The maximum Gasteiger partial charge on any atom is 0.499 e. The lowest BCUT2D eigenvalue weighted by molar-refractivity contribution is -0.997. The third kappa shape index (κ3) is 6.69. The van der Waals surface area contributed by atoms with E-state index in [0.717, 1.165) is 39.6 Å². The molecule has 0 aliphatic carbocycles. The van der Waals surface area contributed by atoms with Crippen molar-refractivity contribution < 1.29 is 13.9 Å². The van der Waals surface area contributed by atoms with Gasteiger partial charge in [0.15, 0.2) is 23.0 Å². The molecule has 0 saturated heterocycles. The first kappa shape index (κ1) is 45.1. The molecule has 9 aromatic rings. The van der Waals surface area contributed by atoms with Crippen molar-refractivity contribution in [1.82, 2.24) is 4.57 Å². The molecule has 12 rings (SSSR count). The minimum absolute atomic E-state index is 0.0246. The van der Waals surface area contributed by atoms with Gasteiger partial charge in [-0.25, -0.2) is 0 Å². The summed E-state index contributed by atoms with van der Waals surface area (Å²) in [6.45, 7) is 32.4. The number of nitrogens with zero attached hydrogens (tertiary/aromatic N) is 3. The average Bonchev–Trinajstić information content (AvgIpc) is 3.81. The van der Waals surface area contributed by atoms with Gasteiger partial charge in [0, 0.05) is 34.4 Å². The van der Waals surface area contributed by atoms with Crippen LogP contribution in [0.1, 0.15) is 122 Å². The van der Waals surface area contributed by atoms with Crippen molar-refractivity contribution in [2.75, 3.05) is 0 Å². The predicted molar refractivity (Wildman–Crippen MR) is 294 cm³/mol. The van der Waals surface area contributed by atoms with Gasteiger partial charge in [-0.3, -0.25) is 0 Å². The van der Waals surface area contributed by atoms with Gasteiger partial charge in [0.25, 0.3) is 0 Å². The molecule has 4 heteroatoms. The molecule has 1 atom stereocenters. The van der Waals surface area contributed by atoms with Gasteiger partial charge in [-0.1, -0.05) is 180 Å². The number of rotatable bonds is 4. The summed E-state index contributed by atoms with van der Waals surface area (Å²) in [5.74, 6) is 0.942. The third-order valence-electron chi connectivity index (χ3n) is 15.7. The SMILES string of the molecule is Cc1ccc(-c2cc[n+]3c(c2)-c2cc(C(C)(C)C)cc4c2C32Oc3c(cc(C(C)(C)C)cc3C(C)(C)C)-c3n(-c5cc(-c6ccccc6)c(C)cc5-c5ccc(C(C)(C)C)cc5)c5cccc-4c5[n+]32)cc1. The van der Waals surface area contributed by atoms with Crippen molar-refractivity contribution >= 4 is 11.0 Å². The minimum Gasteiger partial charge on any atom is -0.392 e. The Morgan fingerprint density at radius 1 is 0.465 bits per heavy atom. The van der Waals surface area contributed by atoms with E-state index in [4.69, 9.17) is 4.74 Å². The molecule has 0 fully saturated rings. The minimum atomic E-state index is -1.10. The highest BCUT2D eigenvalue weighted by Gasteiger charge is 2.69. The Morgan fingerprint density at radius 3 is 1.75 bits per heavy atom. The van der Waals surface area contributed by atoms with Crippen molar-refractivity contribution in [3.63, 3.8) is 0 Å². The molecule has 7 aromatic carbocycles. The number of hydrogen-bond acceptors (Lipinski definition) is 1. The van der Waals surface area contributed by atoms with Gasteiger partial charge < -0.3 is 4.74 Å². The number of benzene rings is 7. The second-order valence-electron chi connectivity index (χ2n) is 24.9. The molecule has 1 spiro atoms. The van der Waals surface area contributed by atoms with Crippen LogP contribution in [0, 0.1) is 13.8 Å². The third-order valence-corrected chi connectivity index (χ3v) is 15.7. The molecule has 1 unspecified atom stereocenters. The van der Waals surface area contributed by atoms with Gasteiger partial charge in [-0.05, 0) is 128 Å². The van der Waals surface area contributed by atoms with Gasteiger partial charge >= 0.3 is 11.7 Å². The molecule has 4 nitrogen and oxygen atoms in total. The van der Waals surface area contributed by atoms with E-state index in [1.165, 1.54) is 89.0 Å². The molecule has 2 aromatic heterocycles. The summed E-state index contributed by atoms with van der Waals surface area (Å²) in [6, 6.07) is 55.7. The zero-order valence-electron chi connectivity index (χ0n) is 44.2. The van der Waals surface area contributed by atoms with Crippen LogP contribution in [0.3, 0.4) is 0 Å². The molecule has 0 amide bonds. The Labute approximate surface area is 421 Å². The molecular formula is C67H67N3O+2. The van der Waals surface area contributed by atoms with Crippen molar-refractivity contribution in [3.05, 3.63) is 191 Å². The van der Waals surface area contributed by atoms with Crippen LogP contribution in [0.25, 0.3) is 83.9 Å². The highest BCUT2D eigenvalue weighted by Crippen LogP contribution is 2.57. The fraction of sp³-hybridized carbons (Fsp3) is 0.284. The van der Waals surface area contributed by atoms with E-state index in [0.29, 0.717) is 0 Å². The monoisotopic (exact) mass is 930 g/mol. The average molecular weight is 930 g/mol.